The molecule has 156 valence electrons. The minimum atomic E-state index is -0.332. The number of rotatable bonds is 4. The molecule has 0 unspecified atom stereocenters. The van der Waals surface area contributed by atoms with Gasteiger partial charge in [0, 0.05) is 36.7 Å². The Hall–Kier alpha value is -3.16. The molecule has 0 spiro atoms. The maximum Gasteiger partial charge on any atom is 0.294 e. The lowest BCUT2D eigenvalue weighted by Gasteiger charge is -2.32. The van der Waals surface area contributed by atoms with Crippen LogP contribution in [-0.2, 0) is 4.79 Å². The number of hydrogen-bond donors (Lipinski definition) is 2. The first-order valence-corrected chi connectivity index (χ1v) is 10.7. The lowest BCUT2D eigenvalue weighted by molar-refractivity contribution is -0.136. The summed E-state index contributed by atoms with van der Waals surface area (Å²) in [6.45, 7) is 1.50. The van der Waals surface area contributed by atoms with Gasteiger partial charge in [-0.3, -0.25) is 9.59 Å². The Balaban J connectivity index is 1.19. The SMILES string of the molecule is O=C(Nc1ccc2nc[nH]c2c1)c1cc(C2CCN(C(=O)C3CCCC3)CC2)no1. The topological polar surface area (TPSA) is 104 Å². The van der Waals surface area contributed by atoms with Crippen LogP contribution in [0.2, 0.25) is 0 Å². The average Bonchev–Trinajstić information content (AvgIpc) is 3.54. The number of H-pyrrole nitrogens is 1. The van der Waals surface area contributed by atoms with Crippen LogP contribution in [0.5, 0.6) is 0 Å². The summed E-state index contributed by atoms with van der Waals surface area (Å²) >= 11 is 0. The number of nitrogens with zero attached hydrogens (tertiary/aromatic N) is 3. The summed E-state index contributed by atoms with van der Waals surface area (Å²) in [7, 11) is 0. The first-order valence-electron chi connectivity index (χ1n) is 10.7. The molecule has 8 nitrogen and oxygen atoms in total. The highest BCUT2D eigenvalue weighted by molar-refractivity contribution is 6.03. The van der Waals surface area contributed by atoms with Crippen LogP contribution in [0.25, 0.3) is 11.0 Å². The van der Waals surface area contributed by atoms with Gasteiger partial charge < -0.3 is 19.7 Å². The molecule has 2 amide bonds. The Labute approximate surface area is 174 Å². The van der Waals surface area contributed by atoms with Crippen LogP contribution in [0, 0.1) is 5.92 Å². The molecule has 1 aliphatic carbocycles. The molecule has 3 aromatic rings. The first kappa shape index (κ1) is 18.8. The van der Waals surface area contributed by atoms with Crippen LogP contribution >= 0.6 is 0 Å². The maximum absolute atomic E-state index is 12.6. The zero-order chi connectivity index (χ0) is 20.5. The van der Waals surface area contributed by atoms with Gasteiger partial charge >= 0.3 is 0 Å². The Morgan fingerprint density at radius 2 is 1.90 bits per heavy atom. The molecule has 3 heterocycles. The van der Waals surface area contributed by atoms with E-state index in [9.17, 15) is 9.59 Å². The second kappa shape index (κ2) is 7.93. The number of piperidine rings is 1. The van der Waals surface area contributed by atoms with Gasteiger partial charge in [0.1, 0.15) is 0 Å². The zero-order valence-electron chi connectivity index (χ0n) is 16.8. The highest BCUT2D eigenvalue weighted by atomic mass is 16.5. The van der Waals surface area contributed by atoms with E-state index in [1.54, 1.807) is 18.5 Å². The quantitative estimate of drug-likeness (QED) is 0.686. The molecule has 8 heteroatoms. The first-order chi connectivity index (χ1) is 14.7. The van der Waals surface area contributed by atoms with Gasteiger partial charge in [-0.05, 0) is 43.9 Å². The van der Waals surface area contributed by atoms with E-state index >= 15 is 0 Å². The van der Waals surface area contributed by atoms with E-state index in [1.807, 2.05) is 17.0 Å². The number of carbonyl (C=O) groups is 2. The standard InChI is InChI=1S/C22H25N5O3/c28-21(25-16-5-6-17-19(11-16)24-13-23-17)20-12-18(26-30-20)14-7-9-27(10-8-14)22(29)15-3-1-2-4-15/h5-6,11-15H,1-4,7-10H2,(H,23,24)(H,25,28). The molecule has 0 atom stereocenters. The van der Waals surface area contributed by atoms with Crippen LogP contribution in [-0.4, -0.2) is 44.9 Å². The fourth-order valence-corrected chi connectivity index (χ4v) is 4.62. The van der Waals surface area contributed by atoms with Crippen molar-refractivity contribution in [1.82, 2.24) is 20.0 Å². The molecule has 2 aliphatic rings. The normalized spacial score (nSPS) is 18.2. The molecule has 1 aromatic carbocycles. The van der Waals surface area contributed by atoms with E-state index in [1.165, 1.54) is 12.8 Å². The number of anilines is 1. The Morgan fingerprint density at radius 3 is 2.70 bits per heavy atom. The largest absolute Gasteiger partial charge is 0.351 e. The second-order valence-electron chi connectivity index (χ2n) is 8.29. The van der Waals surface area contributed by atoms with Crippen molar-refractivity contribution in [3.05, 3.63) is 42.0 Å². The van der Waals surface area contributed by atoms with Gasteiger partial charge in [-0.25, -0.2) is 4.98 Å². The molecule has 5 rings (SSSR count). The van der Waals surface area contributed by atoms with Crippen molar-refractivity contribution in [2.75, 3.05) is 18.4 Å². The summed E-state index contributed by atoms with van der Waals surface area (Å²) in [5, 5.41) is 6.97. The molecular formula is C22H25N5O3. The van der Waals surface area contributed by atoms with Crippen LogP contribution in [0.15, 0.2) is 35.1 Å². The number of benzene rings is 1. The number of likely N-dealkylation sites (tertiary alicyclic amines) is 1. The summed E-state index contributed by atoms with van der Waals surface area (Å²) in [4.78, 5) is 34.4. The van der Waals surface area contributed by atoms with Crippen molar-refractivity contribution in [2.24, 2.45) is 5.92 Å². The number of hydrogen-bond acceptors (Lipinski definition) is 5. The average molecular weight is 407 g/mol. The number of fused-ring (bicyclic) bond motifs is 1. The molecular weight excluding hydrogens is 382 g/mol. The lowest BCUT2D eigenvalue weighted by Crippen LogP contribution is -2.40. The van der Waals surface area contributed by atoms with Gasteiger partial charge in [0.25, 0.3) is 5.91 Å². The van der Waals surface area contributed by atoms with E-state index in [4.69, 9.17) is 4.52 Å². The van der Waals surface area contributed by atoms with Crippen LogP contribution < -0.4 is 5.32 Å². The number of carbonyl (C=O) groups excluding carboxylic acids is 2. The van der Waals surface area contributed by atoms with Crippen LogP contribution in [0.1, 0.15) is 60.7 Å². The van der Waals surface area contributed by atoms with Crippen molar-refractivity contribution in [1.29, 1.82) is 0 Å². The predicted octanol–water partition coefficient (Wildman–Crippen LogP) is 3.70. The fraction of sp³-hybridized carbons (Fsp3) is 0.455. The third-order valence-electron chi connectivity index (χ3n) is 6.36. The van der Waals surface area contributed by atoms with Crippen molar-refractivity contribution in [2.45, 2.75) is 44.4 Å². The number of aromatic nitrogens is 3. The number of amides is 2. The number of aromatic amines is 1. The van der Waals surface area contributed by atoms with Crippen molar-refractivity contribution < 1.29 is 14.1 Å². The molecule has 0 bridgehead atoms. The fourth-order valence-electron chi connectivity index (χ4n) is 4.62. The van der Waals surface area contributed by atoms with Crippen molar-refractivity contribution in [3.63, 3.8) is 0 Å². The Kier molecular flexibility index (Phi) is 4.98. The molecule has 2 N–H and O–H groups in total. The smallest absolute Gasteiger partial charge is 0.294 e. The molecule has 1 saturated carbocycles. The van der Waals surface area contributed by atoms with Crippen LogP contribution in [0.4, 0.5) is 5.69 Å². The third kappa shape index (κ3) is 3.69. The minimum Gasteiger partial charge on any atom is -0.351 e. The minimum absolute atomic E-state index is 0.194. The van der Waals surface area contributed by atoms with Gasteiger partial charge in [0.05, 0.1) is 23.1 Å². The van der Waals surface area contributed by atoms with Gasteiger partial charge in [0.15, 0.2) is 0 Å². The van der Waals surface area contributed by atoms with Gasteiger partial charge in [-0.2, -0.15) is 0 Å². The van der Waals surface area contributed by atoms with E-state index in [-0.39, 0.29) is 23.5 Å². The molecule has 2 aromatic heterocycles. The predicted molar refractivity (Wildman–Crippen MR) is 111 cm³/mol. The maximum atomic E-state index is 12.6. The molecule has 30 heavy (non-hydrogen) atoms. The van der Waals surface area contributed by atoms with Gasteiger partial charge in [-0.1, -0.05) is 18.0 Å². The van der Waals surface area contributed by atoms with Gasteiger partial charge in [-0.15, -0.1) is 0 Å². The third-order valence-corrected chi connectivity index (χ3v) is 6.36. The lowest BCUT2D eigenvalue weighted by atomic mass is 9.92. The van der Waals surface area contributed by atoms with E-state index < -0.39 is 0 Å². The van der Waals surface area contributed by atoms with Crippen molar-refractivity contribution >= 4 is 28.5 Å². The summed E-state index contributed by atoms with van der Waals surface area (Å²) in [5.41, 5.74) is 3.14. The molecule has 1 aliphatic heterocycles. The summed E-state index contributed by atoms with van der Waals surface area (Å²) < 4.78 is 5.32. The van der Waals surface area contributed by atoms with E-state index in [2.05, 4.69) is 20.4 Å². The summed E-state index contributed by atoms with van der Waals surface area (Å²) in [6.07, 6.45) is 7.73. The summed E-state index contributed by atoms with van der Waals surface area (Å²) in [5.74, 6) is 0.621. The Bertz CT molecular complexity index is 1060. The molecule has 0 radical (unpaired) electrons. The Morgan fingerprint density at radius 1 is 1.10 bits per heavy atom. The summed E-state index contributed by atoms with van der Waals surface area (Å²) in [6, 6.07) is 7.20. The monoisotopic (exact) mass is 407 g/mol. The zero-order valence-corrected chi connectivity index (χ0v) is 16.8. The highest BCUT2D eigenvalue weighted by Gasteiger charge is 2.31. The second-order valence-corrected chi connectivity index (χ2v) is 8.29. The molecule has 2 fully saturated rings. The van der Waals surface area contributed by atoms with Crippen molar-refractivity contribution in [3.8, 4) is 0 Å². The van der Waals surface area contributed by atoms with Crippen LogP contribution in [0.3, 0.4) is 0 Å². The molecule has 1 saturated heterocycles. The highest BCUT2D eigenvalue weighted by Crippen LogP contribution is 2.31. The van der Waals surface area contributed by atoms with Gasteiger partial charge in [0.2, 0.25) is 11.7 Å². The number of nitrogens with one attached hydrogen (secondary N) is 2. The van der Waals surface area contributed by atoms with E-state index in [0.29, 0.717) is 11.6 Å². The van der Waals surface area contributed by atoms with E-state index in [0.717, 1.165) is 55.5 Å². The number of imidazole rings is 1.